The van der Waals surface area contributed by atoms with Gasteiger partial charge in [0.15, 0.2) is 11.5 Å². The predicted octanol–water partition coefficient (Wildman–Crippen LogP) is 4.55. The summed E-state index contributed by atoms with van der Waals surface area (Å²) in [4.78, 5) is 28.5. The zero-order chi connectivity index (χ0) is 29.4. The normalized spacial score (nSPS) is 20.6. The van der Waals surface area contributed by atoms with E-state index in [2.05, 4.69) is 26.0 Å². The molecule has 2 aliphatic rings. The minimum absolute atomic E-state index is 0.0387. The van der Waals surface area contributed by atoms with Crippen molar-refractivity contribution in [2.45, 2.75) is 71.9 Å². The SMILES string of the molecule is COCCCOc1cc(C[C@@H](C[C@@H]2CN(C(=O)O)C[C@H]2CN(C(=O)[C@@H](O)C(C)C)C2CC2)C(C)C)ccc1OC. The molecular weight excluding hydrogens is 512 g/mol. The van der Waals surface area contributed by atoms with Crippen LogP contribution in [0.1, 0.15) is 58.9 Å². The van der Waals surface area contributed by atoms with Gasteiger partial charge in [0.05, 0.1) is 13.7 Å². The lowest BCUT2D eigenvalue weighted by Crippen LogP contribution is -2.46. The van der Waals surface area contributed by atoms with Crippen molar-refractivity contribution in [1.82, 2.24) is 9.80 Å². The summed E-state index contributed by atoms with van der Waals surface area (Å²) in [5, 5.41) is 20.3. The van der Waals surface area contributed by atoms with E-state index in [0.717, 1.165) is 43.4 Å². The van der Waals surface area contributed by atoms with Crippen LogP contribution >= 0.6 is 0 Å². The van der Waals surface area contributed by atoms with E-state index >= 15 is 0 Å². The maximum absolute atomic E-state index is 13.2. The zero-order valence-corrected chi connectivity index (χ0v) is 25.2. The summed E-state index contributed by atoms with van der Waals surface area (Å²) in [5.74, 6) is 1.92. The molecule has 0 unspecified atom stereocenters. The molecule has 1 saturated heterocycles. The number of carbonyl (C=O) groups excluding carboxylic acids is 1. The molecule has 9 nitrogen and oxygen atoms in total. The average molecular weight is 563 g/mol. The van der Waals surface area contributed by atoms with Gasteiger partial charge in [0, 0.05) is 45.8 Å². The van der Waals surface area contributed by atoms with Gasteiger partial charge < -0.3 is 34.2 Å². The molecule has 2 amide bonds. The molecule has 40 heavy (non-hydrogen) atoms. The molecule has 9 heteroatoms. The Morgan fingerprint density at radius 1 is 1.02 bits per heavy atom. The molecule has 3 rings (SSSR count). The molecule has 0 bridgehead atoms. The molecule has 1 aromatic rings. The first-order valence-electron chi connectivity index (χ1n) is 14.8. The van der Waals surface area contributed by atoms with Crippen molar-refractivity contribution in [3.8, 4) is 11.5 Å². The van der Waals surface area contributed by atoms with Crippen molar-refractivity contribution in [1.29, 1.82) is 0 Å². The Morgan fingerprint density at radius 3 is 2.30 bits per heavy atom. The van der Waals surface area contributed by atoms with Crippen LogP contribution in [0, 0.1) is 29.6 Å². The molecule has 1 aliphatic carbocycles. The molecule has 226 valence electrons. The third kappa shape index (κ3) is 8.74. The smallest absolute Gasteiger partial charge is 0.407 e. The second-order valence-corrected chi connectivity index (χ2v) is 12.2. The van der Waals surface area contributed by atoms with E-state index in [-0.39, 0.29) is 29.7 Å². The Bertz CT molecular complexity index is 965. The first kappa shape index (κ1) is 32.0. The van der Waals surface area contributed by atoms with Crippen molar-refractivity contribution in [3.05, 3.63) is 23.8 Å². The number of carboxylic acid groups (broad SMARTS) is 1. The fraction of sp³-hybridized carbons (Fsp3) is 0.742. The van der Waals surface area contributed by atoms with Gasteiger partial charge in [0.1, 0.15) is 6.10 Å². The third-order valence-corrected chi connectivity index (χ3v) is 8.46. The standard InChI is InChI=1S/C31H50N2O7/c1-20(2)23(14-22-8-11-27(39-6)28(15-22)40-13-7-12-38-5)16-24-17-32(31(36)37)18-25(24)19-33(26-9-10-26)30(35)29(34)21(3)4/h8,11,15,20-21,23-26,29,34H,7,9-10,12-14,16-19H2,1-6H3,(H,36,37)/t23-,24+,25-,29-/m0/s1. The van der Waals surface area contributed by atoms with E-state index in [0.29, 0.717) is 50.4 Å². The Morgan fingerprint density at radius 2 is 1.73 bits per heavy atom. The van der Waals surface area contributed by atoms with Crippen molar-refractivity contribution in [2.75, 3.05) is 47.1 Å². The molecular formula is C31H50N2O7. The number of hydrogen-bond donors (Lipinski definition) is 2. The molecule has 1 aliphatic heterocycles. The van der Waals surface area contributed by atoms with Crippen molar-refractivity contribution in [3.63, 3.8) is 0 Å². The molecule has 2 fully saturated rings. The highest BCUT2D eigenvalue weighted by Gasteiger charge is 2.42. The molecule has 0 aromatic heterocycles. The number of aliphatic hydroxyl groups excluding tert-OH is 1. The number of aliphatic hydroxyl groups is 1. The topological polar surface area (TPSA) is 109 Å². The fourth-order valence-electron chi connectivity index (χ4n) is 5.71. The first-order chi connectivity index (χ1) is 19.0. The van der Waals surface area contributed by atoms with Gasteiger partial charge >= 0.3 is 6.09 Å². The fourth-order valence-corrected chi connectivity index (χ4v) is 5.71. The Balaban J connectivity index is 1.75. The molecule has 2 N–H and O–H groups in total. The third-order valence-electron chi connectivity index (χ3n) is 8.46. The number of carbonyl (C=O) groups is 2. The van der Waals surface area contributed by atoms with Gasteiger partial charge in [-0.3, -0.25) is 4.79 Å². The highest BCUT2D eigenvalue weighted by Crippen LogP contribution is 2.37. The van der Waals surface area contributed by atoms with Crippen LogP contribution in [0.25, 0.3) is 0 Å². The second-order valence-electron chi connectivity index (χ2n) is 12.2. The summed E-state index contributed by atoms with van der Waals surface area (Å²) in [7, 11) is 3.31. The number of ether oxygens (including phenoxy) is 3. The average Bonchev–Trinajstić information content (AvgIpc) is 3.68. The lowest BCUT2D eigenvalue weighted by Gasteiger charge is -2.32. The van der Waals surface area contributed by atoms with Crippen LogP contribution in [-0.2, 0) is 16.0 Å². The highest BCUT2D eigenvalue weighted by atomic mass is 16.5. The minimum Gasteiger partial charge on any atom is -0.493 e. The number of hydrogen-bond acceptors (Lipinski definition) is 6. The molecule has 0 spiro atoms. The van der Waals surface area contributed by atoms with Crippen LogP contribution in [0.15, 0.2) is 18.2 Å². The number of methoxy groups -OCH3 is 2. The molecule has 4 atom stereocenters. The van der Waals surface area contributed by atoms with Gasteiger partial charge in [0.2, 0.25) is 0 Å². The van der Waals surface area contributed by atoms with Gasteiger partial charge in [-0.2, -0.15) is 0 Å². The summed E-state index contributed by atoms with van der Waals surface area (Å²) in [6, 6.07) is 6.23. The zero-order valence-electron chi connectivity index (χ0n) is 25.2. The molecule has 1 saturated carbocycles. The number of likely N-dealkylation sites (tertiary alicyclic amines) is 1. The van der Waals surface area contributed by atoms with Gasteiger partial charge in [0.25, 0.3) is 5.91 Å². The Kier molecular flexibility index (Phi) is 11.9. The largest absolute Gasteiger partial charge is 0.493 e. The van der Waals surface area contributed by atoms with Crippen molar-refractivity contribution < 1.29 is 34.0 Å². The lowest BCUT2D eigenvalue weighted by molar-refractivity contribution is -0.143. The van der Waals surface area contributed by atoms with Crippen molar-refractivity contribution >= 4 is 12.0 Å². The van der Waals surface area contributed by atoms with E-state index in [1.807, 2.05) is 24.8 Å². The van der Waals surface area contributed by atoms with Crippen molar-refractivity contribution in [2.24, 2.45) is 29.6 Å². The maximum Gasteiger partial charge on any atom is 0.407 e. The number of rotatable bonds is 16. The van der Waals surface area contributed by atoms with Crippen LogP contribution < -0.4 is 9.47 Å². The van der Waals surface area contributed by atoms with Gasteiger partial charge in [-0.25, -0.2) is 4.79 Å². The van der Waals surface area contributed by atoms with E-state index in [1.54, 1.807) is 14.2 Å². The van der Waals surface area contributed by atoms with E-state index in [9.17, 15) is 19.8 Å². The molecule has 1 aromatic carbocycles. The van der Waals surface area contributed by atoms with Crippen LogP contribution in [-0.4, -0.2) is 91.2 Å². The summed E-state index contributed by atoms with van der Waals surface area (Å²) >= 11 is 0. The predicted molar refractivity (Wildman–Crippen MR) is 154 cm³/mol. The van der Waals surface area contributed by atoms with Crippen LogP contribution in [0.5, 0.6) is 11.5 Å². The molecule has 1 heterocycles. The van der Waals surface area contributed by atoms with E-state index in [1.165, 1.54) is 4.90 Å². The van der Waals surface area contributed by atoms with Crippen LogP contribution in [0.2, 0.25) is 0 Å². The number of amides is 2. The number of benzene rings is 1. The molecule has 0 radical (unpaired) electrons. The van der Waals surface area contributed by atoms with Crippen LogP contribution in [0.3, 0.4) is 0 Å². The Labute approximate surface area is 239 Å². The van der Waals surface area contributed by atoms with E-state index < -0.39 is 12.2 Å². The maximum atomic E-state index is 13.2. The van der Waals surface area contributed by atoms with Gasteiger partial charge in [-0.1, -0.05) is 33.8 Å². The minimum atomic E-state index is -1.03. The summed E-state index contributed by atoms with van der Waals surface area (Å²) in [6.45, 7) is 10.7. The summed E-state index contributed by atoms with van der Waals surface area (Å²) in [5.41, 5.74) is 1.15. The summed E-state index contributed by atoms with van der Waals surface area (Å²) in [6.07, 6.45) is 2.43. The monoisotopic (exact) mass is 562 g/mol. The second kappa shape index (κ2) is 14.9. The van der Waals surface area contributed by atoms with Crippen LogP contribution in [0.4, 0.5) is 4.79 Å². The quantitative estimate of drug-likeness (QED) is 0.285. The Hall–Kier alpha value is -2.52. The van der Waals surface area contributed by atoms with E-state index in [4.69, 9.17) is 14.2 Å². The van der Waals surface area contributed by atoms with Gasteiger partial charge in [-0.15, -0.1) is 0 Å². The first-order valence-corrected chi connectivity index (χ1v) is 14.8. The van der Waals surface area contributed by atoms with Gasteiger partial charge in [-0.05, 0) is 73.0 Å². The number of nitrogens with zero attached hydrogens (tertiary/aromatic N) is 2. The lowest BCUT2D eigenvalue weighted by atomic mass is 9.78. The summed E-state index contributed by atoms with van der Waals surface area (Å²) < 4.78 is 16.6. The highest BCUT2D eigenvalue weighted by molar-refractivity contribution is 5.81.